The Morgan fingerprint density at radius 1 is 1.45 bits per heavy atom. The summed E-state index contributed by atoms with van der Waals surface area (Å²) in [6.07, 6.45) is 5.59. The van der Waals surface area contributed by atoms with Crippen LogP contribution in [-0.4, -0.2) is 22.4 Å². The fourth-order valence-electron chi connectivity index (χ4n) is 3.86. The van der Waals surface area contributed by atoms with Crippen LogP contribution in [0.2, 0.25) is 0 Å². The molecule has 0 spiro atoms. The van der Waals surface area contributed by atoms with Gasteiger partial charge in [-0.1, -0.05) is 13.8 Å². The maximum Gasteiger partial charge on any atom is 0.0812 e. The minimum absolute atomic E-state index is 0.193. The Bertz CT molecular complexity index is 483. The molecule has 3 nitrogen and oxygen atoms in total. The van der Waals surface area contributed by atoms with Crippen molar-refractivity contribution in [2.75, 3.05) is 6.61 Å². The molecule has 1 aliphatic carbocycles. The largest absolute Gasteiger partial charge is 0.388 e. The fraction of sp³-hybridized carbons (Fsp3) is 0.765. The normalized spacial score (nSPS) is 28.6. The standard InChI is InChI=1S/C17H27NO2/c1-12-9-14-15(10-17(2,3)11-16(14)19)18(12)7-6-13-5-4-8-20-13/h9,13,16,19H,4-8,10-11H2,1-3H3. The van der Waals surface area contributed by atoms with Gasteiger partial charge in [0.25, 0.3) is 0 Å². The van der Waals surface area contributed by atoms with E-state index in [-0.39, 0.29) is 11.5 Å². The zero-order valence-corrected chi connectivity index (χ0v) is 13.0. The van der Waals surface area contributed by atoms with E-state index in [1.165, 1.54) is 24.2 Å². The number of aliphatic hydroxyl groups excluding tert-OH is 1. The van der Waals surface area contributed by atoms with Crippen molar-refractivity contribution in [1.29, 1.82) is 0 Å². The molecule has 1 aromatic heterocycles. The van der Waals surface area contributed by atoms with Gasteiger partial charge in [0.05, 0.1) is 12.2 Å². The average molecular weight is 277 g/mol. The first-order chi connectivity index (χ1) is 9.46. The molecule has 3 heteroatoms. The molecular weight excluding hydrogens is 250 g/mol. The number of aliphatic hydroxyl groups is 1. The fourth-order valence-corrected chi connectivity index (χ4v) is 3.86. The van der Waals surface area contributed by atoms with Gasteiger partial charge in [0, 0.05) is 30.1 Å². The molecule has 1 fully saturated rings. The van der Waals surface area contributed by atoms with Crippen LogP contribution in [0.4, 0.5) is 0 Å². The zero-order chi connectivity index (χ0) is 14.3. The summed E-state index contributed by atoms with van der Waals surface area (Å²) in [4.78, 5) is 0. The third-order valence-corrected chi connectivity index (χ3v) is 4.90. The quantitative estimate of drug-likeness (QED) is 0.919. The van der Waals surface area contributed by atoms with Gasteiger partial charge in [-0.2, -0.15) is 0 Å². The molecule has 2 atom stereocenters. The van der Waals surface area contributed by atoms with Crippen LogP contribution in [0.1, 0.15) is 62.6 Å². The molecule has 1 N–H and O–H groups in total. The molecular formula is C17H27NO2. The van der Waals surface area contributed by atoms with E-state index in [4.69, 9.17) is 4.74 Å². The lowest BCUT2D eigenvalue weighted by Crippen LogP contribution is -2.27. The van der Waals surface area contributed by atoms with E-state index in [0.717, 1.165) is 38.0 Å². The summed E-state index contributed by atoms with van der Waals surface area (Å²) in [7, 11) is 0. The summed E-state index contributed by atoms with van der Waals surface area (Å²) >= 11 is 0. The van der Waals surface area contributed by atoms with Crippen LogP contribution in [0.15, 0.2) is 6.07 Å². The third kappa shape index (κ3) is 2.66. The molecule has 20 heavy (non-hydrogen) atoms. The van der Waals surface area contributed by atoms with Gasteiger partial charge in [-0.15, -0.1) is 0 Å². The van der Waals surface area contributed by atoms with E-state index in [1.54, 1.807) is 0 Å². The topological polar surface area (TPSA) is 34.4 Å². The van der Waals surface area contributed by atoms with Crippen LogP contribution in [0.25, 0.3) is 0 Å². The highest BCUT2D eigenvalue weighted by molar-refractivity contribution is 5.33. The van der Waals surface area contributed by atoms with Crippen LogP contribution in [0, 0.1) is 12.3 Å². The highest BCUT2D eigenvalue weighted by Crippen LogP contribution is 2.42. The predicted octanol–water partition coefficient (Wildman–Crippen LogP) is 3.37. The van der Waals surface area contributed by atoms with Crippen molar-refractivity contribution in [3.63, 3.8) is 0 Å². The lowest BCUT2D eigenvalue weighted by molar-refractivity contribution is 0.0936. The second-order valence-corrected chi connectivity index (χ2v) is 7.32. The second kappa shape index (κ2) is 5.19. The molecule has 0 aromatic carbocycles. The Morgan fingerprint density at radius 2 is 2.25 bits per heavy atom. The van der Waals surface area contributed by atoms with Crippen molar-refractivity contribution in [3.8, 4) is 0 Å². The minimum Gasteiger partial charge on any atom is -0.388 e. The van der Waals surface area contributed by atoms with Crippen molar-refractivity contribution < 1.29 is 9.84 Å². The molecule has 1 aromatic rings. The Hall–Kier alpha value is -0.800. The number of rotatable bonds is 3. The second-order valence-electron chi connectivity index (χ2n) is 7.32. The lowest BCUT2D eigenvalue weighted by Gasteiger charge is -2.34. The molecule has 112 valence electrons. The van der Waals surface area contributed by atoms with Gasteiger partial charge in [-0.25, -0.2) is 0 Å². The predicted molar refractivity (Wildman–Crippen MR) is 79.8 cm³/mol. The Balaban J connectivity index is 1.80. The summed E-state index contributed by atoms with van der Waals surface area (Å²) < 4.78 is 8.15. The average Bonchev–Trinajstić information content (AvgIpc) is 2.94. The van der Waals surface area contributed by atoms with Gasteiger partial charge in [0.2, 0.25) is 0 Å². The monoisotopic (exact) mass is 277 g/mol. The SMILES string of the molecule is Cc1cc2c(n1CCC1CCCO1)CC(C)(C)CC2O. The van der Waals surface area contributed by atoms with E-state index in [1.807, 2.05) is 0 Å². The minimum atomic E-state index is -0.295. The summed E-state index contributed by atoms with van der Waals surface area (Å²) in [5, 5.41) is 10.4. The van der Waals surface area contributed by atoms with Crippen LogP contribution in [0.5, 0.6) is 0 Å². The van der Waals surface area contributed by atoms with Gasteiger partial charge in [-0.05, 0) is 50.5 Å². The molecule has 1 aliphatic heterocycles. The first kappa shape index (κ1) is 14.2. The van der Waals surface area contributed by atoms with Gasteiger partial charge >= 0.3 is 0 Å². The van der Waals surface area contributed by atoms with Gasteiger partial charge in [0.1, 0.15) is 0 Å². The Labute approximate surface area is 121 Å². The smallest absolute Gasteiger partial charge is 0.0812 e. The molecule has 2 unspecified atom stereocenters. The van der Waals surface area contributed by atoms with E-state index in [9.17, 15) is 5.11 Å². The van der Waals surface area contributed by atoms with Crippen molar-refractivity contribution in [2.24, 2.45) is 5.41 Å². The van der Waals surface area contributed by atoms with E-state index in [0.29, 0.717) is 6.10 Å². The van der Waals surface area contributed by atoms with Gasteiger partial charge in [0.15, 0.2) is 0 Å². The maximum absolute atomic E-state index is 10.4. The summed E-state index contributed by atoms with van der Waals surface area (Å²) in [6.45, 7) is 8.62. The maximum atomic E-state index is 10.4. The van der Waals surface area contributed by atoms with Crippen molar-refractivity contribution >= 4 is 0 Å². The first-order valence-corrected chi connectivity index (χ1v) is 7.95. The molecule has 0 amide bonds. The number of nitrogens with zero attached hydrogens (tertiary/aromatic N) is 1. The van der Waals surface area contributed by atoms with E-state index < -0.39 is 0 Å². The molecule has 0 radical (unpaired) electrons. The van der Waals surface area contributed by atoms with Gasteiger partial charge < -0.3 is 14.4 Å². The van der Waals surface area contributed by atoms with Crippen molar-refractivity contribution in [1.82, 2.24) is 4.57 Å². The van der Waals surface area contributed by atoms with Crippen LogP contribution >= 0.6 is 0 Å². The molecule has 2 aliphatic rings. The van der Waals surface area contributed by atoms with Crippen LogP contribution in [0.3, 0.4) is 0 Å². The number of fused-ring (bicyclic) bond motifs is 1. The van der Waals surface area contributed by atoms with Crippen molar-refractivity contribution in [2.45, 2.75) is 71.6 Å². The highest BCUT2D eigenvalue weighted by Gasteiger charge is 2.34. The molecule has 1 saturated heterocycles. The summed E-state index contributed by atoms with van der Waals surface area (Å²) in [6, 6.07) is 2.19. The molecule has 0 bridgehead atoms. The van der Waals surface area contributed by atoms with Crippen molar-refractivity contribution in [3.05, 3.63) is 23.0 Å². The van der Waals surface area contributed by atoms with Gasteiger partial charge in [-0.3, -0.25) is 0 Å². The first-order valence-electron chi connectivity index (χ1n) is 7.95. The molecule has 3 rings (SSSR count). The lowest BCUT2D eigenvalue weighted by atomic mass is 9.75. The van der Waals surface area contributed by atoms with E-state index in [2.05, 4.69) is 31.4 Å². The third-order valence-electron chi connectivity index (χ3n) is 4.90. The number of aromatic nitrogens is 1. The van der Waals surface area contributed by atoms with E-state index >= 15 is 0 Å². The number of ether oxygens (including phenoxy) is 1. The van der Waals surface area contributed by atoms with Crippen LogP contribution < -0.4 is 0 Å². The molecule has 2 heterocycles. The Kier molecular flexibility index (Phi) is 3.67. The number of aryl methyl sites for hydroxylation is 1. The number of hydrogen-bond donors (Lipinski definition) is 1. The summed E-state index contributed by atoms with van der Waals surface area (Å²) in [5.41, 5.74) is 3.99. The molecule has 0 saturated carbocycles. The zero-order valence-electron chi connectivity index (χ0n) is 13.0. The van der Waals surface area contributed by atoms with Crippen LogP contribution in [-0.2, 0) is 17.7 Å². The summed E-state index contributed by atoms with van der Waals surface area (Å²) in [5.74, 6) is 0. The highest BCUT2D eigenvalue weighted by atomic mass is 16.5. The Morgan fingerprint density at radius 3 is 2.95 bits per heavy atom. The number of hydrogen-bond acceptors (Lipinski definition) is 2.